The van der Waals surface area contributed by atoms with Crippen molar-refractivity contribution in [2.75, 3.05) is 31.4 Å². The monoisotopic (exact) mass is 484 g/mol. The van der Waals surface area contributed by atoms with E-state index < -0.39 is 15.4 Å². The van der Waals surface area contributed by atoms with E-state index in [9.17, 15) is 4.79 Å². The van der Waals surface area contributed by atoms with Crippen molar-refractivity contribution in [2.24, 2.45) is 11.8 Å². The van der Waals surface area contributed by atoms with Gasteiger partial charge in [0.25, 0.3) is 0 Å². The van der Waals surface area contributed by atoms with Crippen LogP contribution in [0.5, 0.6) is 0 Å². The van der Waals surface area contributed by atoms with Gasteiger partial charge in [-0.15, -0.1) is 23.2 Å². The van der Waals surface area contributed by atoms with Crippen LogP contribution in [0.3, 0.4) is 0 Å². The zero-order valence-electron chi connectivity index (χ0n) is 20.9. The lowest BCUT2D eigenvalue weighted by Crippen LogP contribution is -2.44. The summed E-state index contributed by atoms with van der Waals surface area (Å²) in [6.07, 6.45) is -0.210. The molecule has 2 atom stereocenters. The van der Waals surface area contributed by atoms with Gasteiger partial charge in [-0.1, -0.05) is 34.6 Å². The number of hydrogen-bond acceptors (Lipinski definition) is 4. The largest absolute Gasteiger partial charge is 0.444 e. The molecule has 1 aliphatic rings. The summed E-state index contributed by atoms with van der Waals surface area (Å²) in [4.78, 5) is 14.5. The summed E-state index contributed by atoms with van der Waals surface area (Å²) >= 11 is 10.1. The number of carbonyl (C=O) groups excluding carboxylic acids is 1. The number of halogens is 2. The van der Waals surface area contributed by atoms with Crippen molar-refractivity contribution in [1.29, 1.82) is 0 Å². The first-order valence-electron chi connectivity index (χ1n) is 11.0. The van der Waals surface area contributed by atoms with Crippen molar-refractivity contribution < 1.29 is 14.0 Å². The molecule has 0 aromatic carbocycles. The maximum absolute atomic E-state index is 12.6. The van der Waals surface area contributed by atoms with Crippen LogP contribution in [-0.4, -0.2) is 69.4 Å². The molecule has 1 amide bonds. The summed E-state index contributed by atoms with van der Waals surface area (Å²) in [7, 11) is -0.659. The van der Waals surface area contributed by atoms with Crippen LogP contribution in [0.25, 0.3) is 0 Å². The number of likely N-dealkylation sites (tertiary alicyclic amines) is 1. The molecule has 1 heterocycles. The van der Waals surface area contributed by atoms with E-state index in [1.807, 2.05) is 25.7 Å². The van der Waals surface area contributed by atoms with Crippen LogP contribution in [0.2, 0.25) is 5.04 Å². The highest BCUT2D eigenvalue weighted by Gasteiger charge is 2.45. The van der Waals surface area contributed by atoms with Gasteiger partial charge in [-0.2, -0.15) is 0 Å². The second kappa shape index (κ2) is 12.9. The molecule has 1 rings (SSSR count). The molecule has 1 aliphatic heterocycles. The Hall–Kier alpha value is -0.0131. The molecule has 30 heavy (non-hydrogen) atoms. The van der Waals surface area contributed by atoms with E-state index in [1.54, 1.807) is 0 Å². The number of nitrogens with one attached hydrogen (secondary N) is 1. The number of alkyl halides is 2. The maximum atomic E-state index is 12.6. The normalized spacial score (nSPS) is 20.6. The van der Waals surface area contributed by atoms with Gasteiger partial charge in [0.2, 0.25) is 0 Å². The molecule has 5 nitrogen and oxygen atoms in total. The topological polar surface area (TPSA) is 50.8 Å². The highest BCUT2D eigenvalue weighted by atomic mass is 35.5. The average molecular weight is 486 g/mol. The molecule has 0 saturated carbocycles. The lowest BCUT2D eigenvalue weighted by molar-refractivity contribution is 0.0181. The van der Waals surface area contributed by atoms with E-state index in [1.165, 1.54) is 0 Å². The molecular weight excluding hydrogens is 439 g/mol. The molecule has 1 fully saturated rings. The van der Waals surface area contributed by atoms with Gasteiger partial charge >= 0.3 is 6.09 Å². The van der Waals surface area contributed by atoms with Gasteiger partial charge in [0, 0.05) is 43.4 Å². The molecule has 0 spiro atoms. The van der Waals surface area contributed by atoms with Crippen LogP contribution in [0, 0.1) is 11.8 Å². The first-order valence-corrected chi connectivity index (χ1v) is 13.3. The second-order valence-electron chi connectivity index (χ2n) is 11.1. The zero-order chi connectivity index (χ0) is 23.8. The van der Waals surface area contributed by atoms with Crippen molar-refractivity contribution in [3.8, 4) is 0 Å². The summed E-state index contributed by atoms with van der Waals surface area (Å²) in [5.41, 5.74) is -0.703. The summed E-state index contributed by atoms with van der Waals surface area (Å²) in [5, 5.41) is 3.80. The number of carbonyl (C=O) groups is 1. The minimum Gasteiger partial charge on any atom is -0.444 e. The SMILES string of the molecule is CC(C)NC[C@@H]1CN(C(=O)OC(C)(C)C)C[C@H]1C(C)(C)O[SiH2]C(C)(C)C.ClCCCl. The Bertz CT molecular complexity index is 504. The molecule has 0 bridgehead atoms. The van der Waals surface area contributed by atoms with Gasteiger partial charge in [0.15, 0.2) is 9.76 Å². The fourth-order valence-electron chi connectivity index (χ4n) is 3.24. The van der Waals surface area contributed by atoms with Crippen molar-refractivity contribution in [2.45, 2.75) is 91.5 Å². The van der Waals surface area contributed by atoms with E-state index >= 15 is 0 Å². The molecule has 0 aliphatic carbocycles. The molecule has 180 valence electrons. The first-order chi connectivity index (χ1) is 13.5. The first kappa shape index (κ1) is 30.0. The van der Waals surface area contributed by atoms with E-state index in [0.717, 1.165) is 13.1 Å². The minimum atomic E-state index is -0.659. The molecule has 0 unspecified atom stereocenters. The number of rotatable bonds is 7. The Balaban J connectivity index is 0.00000192. The average Bonchev–Trinajstić information content (AvgIpc) is 3.02. The third-order valence-electron chi connectivity index (χ3n) is 4.72. The molecule has 1 saturated heterocycles. The molecule has 0 radical (unpaired) electrons. The predicted molar refractivity (Wildman–Crippen MR) is 133 cm³/mol. The quantitative estimate of drug-likeness (QED) is 0.406. The van der Waals surface area contributed by atoms with Gasteiger partial charge in [-0.25, -0.2) is 4.79 Å². The van der Waals surface area contributed by atoms with Crippen LogP contribution in [-0.2, 0) is 9.16 Å². The van der Waals surface area contributed by atoms with Crippen LogP contribution in [0.4, 0.5) is 4.79 Å². The fourth-order valence-corrected chi connectivity index (χ4v) is 4.26. The van der Waals surface area contributed by atoms with Gasteiger partial charge in [0.1, 0.15) is 5.60 Å². The Kier molecular flexibility index (Phi) is 12.9. The third-order valence-corrected chi connectivity index (χ3v) is 7.05. The van der Waals surface area contributed by atoms with E-state index in [0.29, 0.717) is 36.2 Å². The van der Waals surface area contributed by atoms with Crippen molar-refractivity contribution in [3.63, 3.8) is 0 Å². The number of amides is 1. The lowest BCUT2D eigenvalue weighted by Gasteiger charge is -2.38. The van der Waals surface area contributed by atoms with Crippen molar-refractivity contribution >= 4 is 39.1 Å². The van der Waals surface area contributed by atoms with Gasteiger partial charge in [-0.3, -0.25) is 0 Å². The molecule has 1 N–H and O–H groups in total. The molecule has 0 aromatic heterocycles. The second-order valence-corrected chi connectivity index (χ2v) is 14.6. The van der Waals surface area contributed by atoms with Crippen LogP contribution in [0.1, 0.15) is 69.2 Å². The number of hydrogen-bond donors (Lipinski definition) is 1. The lowest BCUT2D eigenvalue weighted by atomic mass is 9.82. The fraction of sp³-hybridized carbons (Fsp3) is 0.955. The zero-order valence-corrected chi connectivity index (χ0v) is 23.8. The Labute approximate surface area is 197 Å². The summed E-state index contributed by atoms with van der Waals surface area (Å²) < 4.78 is 12.1. The predicted octanol–water partition coefficient (Wildman–Crippen LogP) is 5.03. The van der Waals surface area contributed by atoms with Crippen LogP contribution >= 0.6 is 23.2 Å². The maximum Gasteiger partial charge on any atom is 0.410 e. The standard InChI is InChI=1S/C20H42N2O3Si.C2H4Cl2/c1-14(2)21-11-15-12-22(17(23)24-18(3,4)5)13-16(15)20(9,10)25-26-19(6,7)8;3-1-2-4/h14-16,21H,11-13,26H2,1-10H3;1-2H2/t15-,16-;/m1./s1. The Morgan fingerprint density at radius 2 is 1.60 bits per heavy atom. The van der Waals surface area contributed by atoms with Crippen molar-refractivity contribution in [3.05, 3.63) is 0 Å². The van der Waals surface area contributed by atoms with Gasteiger partial charge < -0.3 is 19.4 Å². The van der Waals surface area contributed by atoms with Crippen LogP contribution < -0.4 is 5.32 Å². The highest BCUT2D eigenvalue weighted by molar-refractivity contribution is 6.31. The highest BCUT2D eigenvalue weighted by Crippen LogP contribution is 2.36. The van der Waals surface area contributed by atoms with E-state index in [4.69, 9.17) is 32.4 Å². The van der Waals surface area contributed by atoms with E-state index in [-0.39, 0.29) is 16.7 Å². The molecular formula is C22H46Cl2N2O3Si. The summed E-state index contributed by atoms with van der Waals surface area (Å²) in [5.74, 6) is 1.79. The van der Waals surface area contributed by atoms with E-state index in [2.05, 4.69) is 53.8 Å². The smallest absolute Gasteiger partial charge is 0.410 e. The van der Waals surface area contributed by atoms with Crippen molar-refractivity contribution in [1.82, 2.24) is 10.2 Å². The number of nitrogens with zero attached hydrogens (tertiary/aromatic N) is 1. The number of ether oxygens (including phenoxy) is 1. The molecule has 8 heteroatoms. The Morgan fingerprint density at radius 3 is 2.00 bits per heavy atom. The van der Waals surface area contributed by atoms with Gasteiger partial charge in [-0.05, 0) is 45.6 Å². The van der Waals surface area contributed by atoms with Gasteiger partial charge in [0.05, 0.1) is 5.60 Å². The summed E-state index contributed by atoms with van der Waals surface area (Å²) in [6.45, 7) is 23.5. The summed E-state index contributed by atoms with van der Waals surface area (Å²) in [6, 6.07) is 0.430. The van der Waals surface area contributed by atoms with Crippen LogP contribution in [0.15, 0.2) is 0 Å². The third kappa shape index (κ3) is 12.7. The Morgan fingerprint density at radius 1 is 1.07 bits per heavy atom. The molecule has 0 aromatic rings. The minimum absolute atomic E-state index is 0.210.